The zero-order chi connectivity index (χ0) is 10.7. The molecule has 0 bridgehead atoms. The summed E-state index contributed by atoms with van der Waals surface area (Å²) in [7, 11) is 1.61. The lowest BCUT2D eigenvalue weighted by Crippen LogP contribution is -1.96. The van der Waals surface area contributed by atoms with Gasteiger partial charge in [0.05, 0.1) is 12.3 Å². The molecule has 0 aliphatic heterocycles. The van der Waals surface area contributed by atoms with E-state index in [2.05, 4.69) is 20.2 Å². The number of aryl methyl sites for hydroxylation is 1. The first-order valence-electron chi connectivity index (χ1n) is 4.41. The van der Waals surface area contributed by atoms with E-state index in [1.54, 1.807) is 26.3 Å². The molecule has 0 aromatic carbocycles. The molecular formula is C9H10N4O2. The molecule has 2 aromatic rings. The van der Waals surface area contributed by atoms with Crippen LogP contribution in [0, 0.1) is 6.92 Å². The first-order valence-corrected chi connectivity index (χ1v) is 4.41. The number of methoxy groups -OCH3 is 1. The van der Waals surface area contributed by atoms with Crippen molar-refractivity contribution in [2.45, 2.75) is 13.5 Å². The molecule has 0 fully saturated rings. The van der Waals surface area contributed by atoms with E-state index in [1.807, 2.05) is 0 Å². The maximum absolute atomic E-state index is 5.21. The summed E-state index contributed by atoms with van der Waals surface area (Å²) in [5.41, 5.74) is 0.776. The van der Waals surface area contributed by atoms with E-state index in [0.29, 0.717) is 24.2 Å². The number of ether oxygens (including phenoxy) is 1. The van der Waals surface area contributed by atoms with Gasteiger partial charge in [0.25, 0.3) is 5.89 Å². The summed E-state index contributed by atoms with van der Waals surface area (Å²) < 4.78 is 10.2. The van der Waals surface area contributed by atoms with Gasteiger partial charge < -0.3 is 9.15 Å². The molecular weight excluding hydrogens is 196 g/mol. The Morgan fingerprint density at radius 3 is 2.93 bits per heavy atom. The number of hydrogen-bond acceptors (Lipinski definition) is 6. The van der Waals surface area contributed by atoms with E-state index in [0.717, 1.165) is 5.69 Å². The summed E-state index contributed by atoms with van der Waals surface area (Å²) in [6, 6.07) is 1.77. The zero-order valence-electron chi connectivity index (χ0n) is 8.47. The van der Waals surface area contributed by atoms with Crippen molar-refractivity contribution in [1.82, 2.24) is 20.2 Å². The fourth-order valence-electron chi connectivity index (χ4n) is 1.11. The highest BCUT2D eigenvalue weighted by molar-refractivity contribution is 5.38. The predicted molar refractivity (Wildman–Crippen MR) is 50.8 cm³/mol. The quantitative estimate of drug-likeness (QED) is 0.745. The minimum Gasteiger partial charge on any atom is -0.418 e. The second-order valence-corrected chi connectivity index (χ2v) is 2.93. The van der Waals surface area contributed by atoms with Crippen LogP contribution in [0.5, 0.6) is 0 Å². The van der Waals surface area contributed by atoms with Crippen LogP contribution >= 0.6 is 0 Å². The van der Waals surface area contributed by atoms with Crippen molar-refractivity contribution in [3.05, 3.63) is 23.8 Å². The molecule has 0 amide bonds. The summed E-state index contributed by atoms with van der Waals surface area (Å²) >= 11 is 0. The van der Waals surface area contributed by atoms with Crippen LogP contribution in [0.25, 0.3) is 11.7 Å². The highest BCUT2D eigenvalue weighted by Gasteiger charge is 2.09. The highest BCUT2D eigenvalue weighted by Crippen LogP contribution is 2.12. The van der Waals surface area contributed by atoms with Gasteiger partial charge in [-0.3, -0.25) is 0 Å². The summed E-state index contributed by atoms with van der Waals surface area (Å²) in [6.07, 6.45) is 1.64. The van der Waals surface area contributed by atoms with Crippen molar-refractivity contribution in [3.63, 3.8) is 0 Å². The molecule has 15 heavy (non-hydrogen) atoms. The van der Waals surface area contributed by atoms with E-state index in [1.165, 1.54) is 0 Å². The van der Waals surface area contributed by atoms with Gasteiger partial charge in [0, 0.05) is 20.2 Å². The fourth-order valence-corrected chi connectivity index (χ4v) is 1.11. The minimum absolute atomic E-state index is 0.324. The monoisotopic (exact) mass is 206 g/mol. The summed E-state index contributed by atoms with van der Waals surface area (Å²) in [5, 5.41) is 7.55. The van der Waals surface area contributed by atoms with Crippen LogP contribution in [-0.4, -0.2) is 27.3 Å². The Kier molecular flexibility index (Phi) is 2.68. The number of hydrogen-bond donors (Lipinski definition) is 0. The van der Waals surface area contributed by atoms with Gasteiger partial charge in [0.2, 0.25) is 11.7 Å². The zero-order valence-corrected chi connectivity index (χ0v) is 8.47. The Bertz CT molecular complexity index is 455. The van der Waals surface area contributed by atoms with Crippen molar-refractivity contribution in [1.29, 1.82) is 0 Å². The second-order valence-electron chi connectivity index (χ2n) is 2.93. The molecule has 78 valence electrons. The normalized spacial score (nSPS) is 10.5. The third kappa shape index (κ3) is 2.16. The van der Waals surface area contributed by atoms with Gasteiger partial charge in [-0.05, 0) is 6.07 Å². The third-order valence-electron chi connectivity index (χ3n) is 1.72. The Balaban J connectivity index is 2.32. The molecule has 0 radical (unpaired) electrons. The predicted octanol–water partition coefficient (Wildman–Crippen LogP) is 0.981. The third-order valence-corrected chi connectivity index (χ3v) is 1.72. The van der Waals surface area contributed by atoms with Gasteiger partial charge in [0.1, 0.15) is 0 Å². The molecule has 0 aliphatic carbocycles. The van der Waals surface area contributed by atoms with Crippen LogP contribution in [-0.2, 0) is 11.3 Å². The van der Waals surface area contributed by atoms with Gasteiger partial charge in [-0.15, -0.1) is 10.2 Å². The molecule has 2 rings (SSSR count). The molecule has 2 aromatic heterocycles. The second kappa shape index (κ2) is 4.14. The molecule has 6 nitrogen and oxygen atoms in total. The van der Waals surface area contributed by atoms with Gasteiger partial charge >= 0.3 is 0 Å². The summed E-state index contributed by atoms with van der Waals surface area (Å²) in [5.74, 6) is 1.24. The largest absolute Gasteiger partial charge is 0.418 e. The van der Waals surface area contributed by atoms with Gasteiger partial charge in [-0.25, -0.2) is 9.97 Å². The van der Waals surface area contributed by atoms with E-state index in [4.69, 9.17) is 9.15 Å². The van der Waals surface area contributed by atoms with Crippen LogP contribution in [0.1, 0.15) is 11.6 Å². The average Bonchev–Trinajstić information content (AvgIpc) is 2.66. The number of aromatic nitrogens is 4. The Labute approximate surface area is 86.3 Å². The van der Waals surface area contributed by atoms with Gasteiger partial charge in [0.15, 0.2) is 0 Å². The lowest BCUT2D eigenvalue weighted by Gasteiger charge is -1.98. The van der Waals surface area contributed by atoms with E-state index < -0.39 is 0 Å². The molecule has 2 heterocycles. The molecule has 6 heteroatoms. The standard InChI is InChI=1S/C9H10N4O2/c1-6-12-13-9(15-6)8-10-4-3-7(11-8)5-14-2/h3-4H,5H2,1-2H3. The Hall–Kier alpha value is -1.82. The van der Waals surface area contributed by atoms with Crippen molar-refractivity contribution in [2.24, 2.45) is 0 Å². The van der Waals surface area contributed by atoms with Crippen LogP contribution in [0.3, 0.4) is 0 Å². The smallest absolute Gasteiger partial charge is 0.285 e. The minimum atomic E-state index is 0.324. The van der Waals surface area contributed by atoms with Crippen molar-refractivity contribution in [2.75, 3.05) is 7.11 Å². The van der Waals surface area contributed by atoms with Crippen molar-refractivity contribution < 1.29 is 9.15 Å². The molecule has 0 spiro atoms. The number of nitrogens with zero attached hydrogens (tertiary/aromatic N) is 4. The van der Waals surface area contributed by atoms with Crippen LogP contribution in [0.2, 0.25) is 0 Å². The van der Waals surface area contributed by atoms with Crippen LogP contribution < -0.4 is 0 Å². The summed E-state index contributed by atoms with van der Waals surface area (Å²) in [4.78, 5) is 8.26. The van der Waals surface area contributed by atoms with Gasteiger partial charge in [-0.1, -0.05) is 0 Å². The Morgan fingerprint density at radius 2 is 2.27 bits per heavy atom. The first-order chi connectivity index (χ1) is 7.29. The highest BCUT2D eigenvalue weighted by atomic mass is 16.5. The number of rotatable bonds is 3. The van der Waals surface area contributed by atoms with Crippen LogP contribution in [0.15, 0.2) is 16.7 Å². The maximum atomic E-state index is 5.21. The molecule has 0 saturated carbocycles. The van der Waals surface area contributed by atoms with Crippen molar-refractivity contribution in [3.8, 4) is 11.7 Å². The van der Waals surface area contributed by atoms with Crippen LogP contribution in [0.4, 0.5) is 0 Å². The van der Waals surface area contributed by atoms with E-state index in [-0.39, 0.29) is 0 Å². The average molecular weight is 206 g/mol. The maximum Gasteiger partial charge on any atom is 0.285 e. The van der Waals surface area contributed by atoms with E-state index in [9.17, 15) is 0 Å². The van der Waals surface area contributed by atoms with E-state index >= 15 is 0 Å². The van der Waals surface area contributed by atoms with Crippen molar-refractivity contribution >= 4 is 0 Å². The van der Waals surface area contributed by atoms with Gasteiger partial charge in [-0.2, -0.15) is 0 Å². The molecule has 0 N–H and O–H groups in total. The molecule has 0 unspecified atom stereocenters. The molecule has 0 atom stereocenters. The lowest BCUT2D eigenvalue weighted by molar-refractivity contribution is 0.181. The fraction of sp³-hybridized carbons (Fsp3) is 0.333. The first kappa shape index (κ1) is 9.72. The topological polar surface area (TPSA) is 73.9 Å². The molecule has 0 saturated heterocycles. The Morgan fingerprint density at radius 1 is 1.40 bits per heavy atom. The lowest BCUT2D eigenvalue weighted by atomic mass is 10.4. The SMILES string of the molecule is COCc1ccnc(-c2nnc(C)o2)n1. The summed E-state index contributed by atoms with van der Waals surface area (Å²) in [6.45, 7) is 2.15. The molecule has 0 aliphatic rings.